The van der Waals surface area contributed by atoms with Crippen molar-refractivity contribution in [3.8, 4) is 0 Å². The maximum absolute atomic E-state index is 5.38. The van der Waals surface area contributed by atoms with Gasteiger partial charge in [0, 0.05) is 19.7 Å². The van der Waals surface area contributed by atoms with Gasteiger partial charge in [-0.2, -0.15) is 12.6 Å². The van der Waals surface area contributed by atoms with Crippen LogP contribution >= 0.6 is 12.6 Å². The number of likely N-dealkylation sites (N-methyl/N-ethyl adjacent to an activating group) is 1. The zero-order valence-electron chi connectivity index (χ0n) is 10.7. The van der Waals surface area contributed by atoms with E-state index in [9.17, 15) is 0 Å². The van der Waals surface area contributed by atoms with Gasteiger partial charge in [-0.15, -0.1) is 0 Å². The van der Waals surface area contributed by atoms with E-state index in [1.165, 1.54) is 0 Å². The van der Waals surface area contributed by atoms with E-state index in [0.29, 0.717) is 11.8 Å². The summed E-state index contributed by atoms with van der Waals surface area (Å²) in [5, 5.41) is 0. The summed E-state index contributed by atoms with van der Waals surface area (Å²) in [5.74, 6) is 2.38. The summed E-state index contributed by atoms with van der Waals surface area (Å²) < 4.78 is 5.38. The Kier molecular flexibility index (Phi) is 9.66. The highest BCUT2D eigenvalue weighted by Crippen LogP contribution is 2.14. The average molecular weight is 233 g/mol. The summed E-state index contributed by atoms with van der Waals surface area (Å²) in [6, 6.07) is 0. The number of hydrogen-bond donors (Lipinski definition) is 1. The van der Waals surface area contributed by atoms with Crippen molar-refractivity contribution in [2.75, 3.05) is 38.6 Å². The minimum Gasteiger partial charge on any atom is -0.380 e. The Morgan fingerprint density at radius 2 is 1.93 bits per heavy atom. The number of thiol groups is 1. The summed E-state index contributed by atoms with van der Waals surface area (Å²) in [6.07, 6.45) is 0. The number of nitrogens with zero attached hydrogens (tertiary/aromatic N) is 1. The van der Waals surface area contributed by atoms with Crippen molar-refractivity contribution in [3.05, 3.63) is 0 Å². The van der Waals surface area contributed by atoms with Crippen molar-refractivity contribution >= 4 is 12.6 Å². The molecule has 92 valence electrons. The molecule has 2 nitrogen and oxygen atoms in total. The quantitative estimate of drug-likeness (QED) is 0.485. The Morgan fingerprint density at radius 3 is 2.33 bits per heavy atom. The van der Waals surface area contributed by atoms with Crippen molar-refractivity contribution in [2.45, 2.75) is 27.7 Å². The SMILES string of the molecule is CCOCCN(CC)CC(CS)C(C)C. The highest BCUT2D eigenvalue weighted by Gasteiger charge is 2.14. The van der Waals surface area contributed by atoms with E-state index >= 15 is 0 Å². The second-order valence-electron chi connectivity index (χ2n) is 4.28. The third-order valence-electron chi connectivity index (χ3n) is 2.87. The van der Waals surface area contributed by atoms with E-state index < -0.39 is 0 Å². The van der Waals surface area contributed by atoms with Crippen LogP contribution in [0.25, 0.3) is 0 Å². The Labute approximate surface area is 101 Å². The van der Waals surface area contributed by atoms with Gasteiger partial charge in [0.2, 0.25) is 0 Å². The minimum atomic E-state index is 0.690. The number of rotatable bonds is 9. The molecule has 0 saturated carbocycles. The predicted molar refractivity (Wildman–Crippen MR) is 70.8 cm³/mol. The normalized spacial score (nSPS) is 13.8. The molecular weight excluding hydrogens is 206 g/mol. The lowest BCUT2D eigenvalue weighted by Gasteiger charge is -2.27. The maximum Gasteiger partial charge on any atom is 0.0593 e. The smallest absolute Gasteiger partial charge is 0.0593 e. The van der Waals surface area contributed by atoms with Crippen molar-refractivity contribution < 1.29 is 4.74 Å². The van der Waals surface area contributed by atoms with E-state index in [-0.39, 0.29) is 0 Å². The Balaban J connectivity index is 3.84. The van der Waals surface area contributed by atoms with Crippen LogP contribution in [0, 0.1) is 11.8 Å². The van der Waals surface area contributed by atoms with Crippen LogP contribution in [0.5, 0.6) is 0 Å². The molecule has 0 aromatic heterocycles. The molecule has 1 unspecified atom stereocenters. The molecule has 0 aliphatic heterocycles. The van der Waals surface area contributed by atoms with Gasteiger partial charge in [-0.25, -0.2) is 0 Å². The van der Waals surface area contributed by atoms with Gasteiger partial charge in [0.05, 0.1) is 6.61 Å². The minimum absolute atomic E-state index is 0.690. The molecule has 1 atom stereocenters. The van der Waals surface area contributed by atoms with E-state index in [1.807, 2.05) is 6.92 Å². The first-order chi connectivity index (χ1) is 7.15. The van der Waals surface area contributed by atoms with Crippen LogP contribution < -0.4 is 0 Å². The summed E-state index contributed by atoms with van der Waals surface area (Å²) in [7, 11) is 0. The molecular formula is C12H27NOS. The van der Waals surface area contributed by atoms with Crippen LogP contribution in [-0.4, -0.2) is 43.5 Å². The molecule has 0 bridgehead atoms. The number of ether oxygens (including phenoxy) is 1. The molecule has 0 saturated heterocycles. The zero-order chi connectivity index (χ0) is 11.7. The van der Waals surface area contributed by atoms with Gasteiger partial charge in [-0.3, -0.25) is 0 Å². The van der Waals surface area contributed by atoms with Gasteiger partial charge >= 0.3 is 0 Å². The summed E-state index contributed by atoms with van der Waals surface area (Å²) in [5.41, 5.74) is 0. The van der Waals surface area contributed by atoms with Crippen LogP contribution in [0.4, 0.5) is 0 Å². The Morgan fingerprint density at radius 1 is 1.27 bits per heavy atom. The Hall–Kier alpha value is 0.270. The highest BCUT2D eigenvalue weighted by molar-refractivity contribution is 7.80. The fraction of sp³-hybridized carbons (Fsp3) is 1.00. The molecule has 0 heterocycles. The van der Waals surface area contributed by atoms with E-state index in [1.54, 1.807) is 0 Å². The maximum atomic E-state index is 5.38. The van der Waals surface area contributed by atoms with Crippen LogP contribution in [0.2, 0.25) is 0 Å². The van der Waals surface area contributed by atoms with Crippen molar-refractivity contribution in [1.29, 1.82) is 0 Å². The van der Waals surface area contributed by atoms with Crippen molar-refractivity contribution in [2.24, 2.45) is 11.8 Å². The monoisotopic (exact) mass is 233 g/mol. The molecule has 0 radical (unpaired) electrons. The third-order valence-corrected chi connectivity index (χ3v) is 3.34. The van der Waals surface area contributed by atoms with E-state index in [4.69, 9.17) is 4.74 Å². The van der Waals surface area contributed by atoms with Gasteiger partial charge in [-0.05, 0) is 31.1 Å². The third kappa shape index (κ3) is 7.20. The standard InChI is InChI=1S/C12H27NOS/c1-5-13(7-8-14-6-2)9-12(10-15)11(3)4/h11-12,15H,5-10H2,1-4H3. The van der Waals surface area contributed by atoms with Crippen molar-refractivity contribution in [3.63, 3.8) is 0 Å². The summed E-state index contributed by atoms with van der Waals surface area (Å²) in [6.45, 7) is 13.8. The number of hydrogen-bond acceptors (Lipinski definition) is 3. The molecule has 0 spiro atoms. The van der Waals surface area contributed by atoms with E-state index in [0.717, 1.165) is 38.6 Å². The van der Waals surface area contributed by atoms with Crippen LogP contribution in [0.3, 0.4) is 0 Å². The van der Waals surface area contributed by atoms with Crippen LogP contribution in [0.1, 0.15) is 27.7 Å². The van der Waals surface area contributed by atoms with E-state index in [2.05, 4.69) is 38.3 Å². The molecule has 0 rings (SSSR count). The molecule has 3 heteroatoms. The molecule has 0 aliphatic rings. The lowest BCUT2D eigenvalue weighted by Crippen LogP contribution is -2.35. The van der Waals surface area contributed by atoms with Gasteiger partial charge < -0.3 is 9.64 Å². The first-order valence-corrected chi connectivity index (χ1v) is 6.69. The van der Waals surface area contributed by atoms with Crippen molar-refractivity contribution in [1.82, 2.24) is 4.90 Å². The van der Waals surface area contributed by atoms with Crippen LogP contribution in [-0.2, 0) is 4.74 Å². The second-order valence-corrected chi connectivity index (χ2v) is 4.64. The lowest BCUT2D eigenvalue weighted by atomic mass is 9.97. The second kappa shape index (κ2) is 9.49. The molecule has 15 heavy (non-hydrogen) atoms. The van der Waals surface area contributed by atoms with Gasteiger partial charge in [0.25, 0.3) is 0 Å². The topological polar surface area (TPSA) is 12.5 Å². The fourth-order valence-electron chi connectivity index (χ4n) is 1.53. The zero-order valence-corrected chi connectivity index (χ0v) is 11.6. The molecule has 0 amide bonds. The van der Waals surface area contributed by atoms with Gasteiger partial charge in [0.15, 0.2) is 0 Å². The van der Waals surface area contributed by atoms with Gasteiger partial charge in [0.1, 0.15) is 0 Å². The van der Waals surface area contributed by atoms with Crippen LogP contribution in [0.15, 0.2) is 0 Å². The molecule has 0 N–H and O–H groups in total. The molecule has 0 aromatic rings. The highest BCUT2D eigenvalue weighted by atomic mass is 32.1. The summed E-state index contributed by atoms with van der Waals surface area (Å²) in [4.78, 5) is 2.45. The largest absolute Gasteiger partial charge is 0.380 e. The molecule has 0 fully saturated rings. The lowest BCUT2D eigenvalue weighted by molar-refractivity contribution is 0.106. The fourth-order valence-corrected chi connectivity index (χ4v) is 2.06. The predicted octanol–water partition coefficient (Wildman–Crippen LogP) is 2.55. The summed E-state index contributed by atoms with van der Waals surface area (Å²) >= 11 is 4.42. The molecule has 0 aliphatic carbocycles. The first-order valence-electron chi connectivity index (χ1n) is 6.06. The average Bonchev–Trinajstić information content (AvgIpc) is 2.22. The molecule has 0 aromatic carbocycles. The first kappa shape index (κ1) is 15.3. The van der Waals surface area contributed by atoms with Gasteiger partial charge in [-0.1, -0.05) is 20.8 Å². The Bertz CT molecular complexity index is 142.